The maximum Gasteiger partial charge on any atom is 0.224 e. The molecular formula is C19H21NO2. The van der Waals surface area contributed by atoms with Gasteiger partial charge in [0.25, 0.3) is 0 Å². The minimum Gasteiger partial charge on any atom is -0.388 e. The SMILES string of the molecule is O=C(Cc1ccc(-c2ccccc2)cc1)NCC1(O)CCC1. The molecule has 3 rings (SSSR count). The summed E-state index contributed by atoms with van der Waals surface area (Å²) >= 11 is 0. The molecule has 114 valence electrons. The van der Waals surface area contributed by atoms with Gasteiger partial charge < -0.3 is 10.4 Å². The Bertz CT molecular complexity index is 630. The molecule has 1 amide bonds. The number of carbonyl (C=O) groups excluding carboxylic acids is 1. The number of amides is 1. The summed E-state index contributed by atoms with van der Waals surface area (Å²) in [5, 5.41) is 12.8. The van der Waals surface area contributed by atoms with E-state index in [2.05, 4.69) is 17.4 Å². The third-order valence-corrected chi connectivity index (χ3v) is 4.32. The summed E-state index contributed by atoms with van der Waals surface area (Å²) in [5.74, 6) is -0.0345. The van der Waals surface area contributed by atoms with Crippen molar-refractivity contribution in [2.75, 3.05) is 6.54 Å². The van der Waals surface area contributed by atoms with Gasteiger partial charge in [-0.2, -0.15) is 0 Å². The lowest BCUT2D eigenvalue weighted by Gasteiger charge is -2.36. The lowest BCUT2D eigenvalue weighted by molar-refractivity contribution is -0.122. The number of rotatable bonds is 5. The van der Waals surface area contributed by atoms with E-state index in [9.17, 15) is 9.90 Å². The number of hydrogen-bond donors (Lipinski definition) is 2. The maximum atomic E-state index is 11.9. The van der Waals surface area contributed by atoms with E-state index < -0.39 is 5.60 Å². The van der Waals surface area contributed by atoms with E-state index in [1.807, 2.05) is 42.5 Å². The Kier molecular flexibility index (Phi) is 4.25. The van der Waals surface area contributed by atoms with Crippen molar-refractivity contribution in [1.82, 2.24) is 5.32 Å². The van der Waals surface area contributed by atoms with Crippen LogP contribution in [0.1, 0.15) is 24.8 Å². The molecule has 0 unspecified atom stereocenters. The zero-order chi connectivity index (χ0) is 15.4. The van der Waals surface area contributed by atoms with Gasteiger partial charge in [0.05, 0.1) is 12.0 Å². The second-order valence-electron chi connectivity index (χ2n) is 6.09. The molecule has 0 aliphatic heterocycles. The van der Waals surface area contributed by atoms with Gasteiger partial charge in [0, 0.05) is 6.54 Å². The molecule has 1 aliphatic rings. The van der Waals surface area contributed by atoms with Gasteiger partial charge in [-0.1, -0.05) is 54.6 Å². The number of hydrogen-bond acceptors (Lipinski definition) is 2. The highest BCUT2D eigenvalue weighted by atomic mass is 16.3. The highest BCUT2D eigenvalue weighted by Gasteiger charge is 2.34. The highest BCUT2D eigenvalue weighted by molar-refractivity contribution is 5.79. The Morgan fingerprint density at radius 1 is 1.00 bits per heavy atom. The van der Waals surface area contributed by atoms with Crippen molar-refractivity contribution >= 4 is 5.91 Å². The molecule has 0 spiro atoms. The normalized spacial score (nSPS) is 15.9. The van der Waals surface area contributed by atoms with E-state index in [0.29, 0.717) is 13.0 Å². The number of nitrogens with one attached hydrogen (secondary N) is 1. The molecule has 0 bridgehead atoms. The van der Waals surface area contributed by atoms with E-state index in [0.717, 1.165) is 30.4 Å². The van der Waals surface area contributed by atoms with Gasteiger partial charge in [0.2, 0.25) is 5.91 Å². The van der Waals surface area contributed by atoms with Crippen LogP contribution < -0.4 is 5.32 Å². The fourth-order valence-electron chi connectivity index (χ4n) is 2.72. The van der Waals surface area contributed by atoms with Crippen molar-refractivity contribution in [3.63, 3.8) is 0 Å². The predicted octanol–water partition coefficient (Wildman–Crippen LogP) is 2.93. The molecule has 1 aliphatic carbocycles. The van der Waals surface area contributed by atoms with Crippen LogP contribution in [0.4, 0.5) is 0 Å². The first-order valence-corrected chi connectivity index (χ1v) is 7.78. The molecule has 0 heterocycles. The van der Waals surface area contributed by atoms with Gasteiger partial charge >= 0.3 is 0 Å². The predicted molar refractivity (Wildman–Crippen MR) is 87.4 cm³/mol. The van der Waals surface area contributed by atoms with Crippen LogP contribution in [0.2, 0.25) is 0 Å². The van der Waals surface area contributed by atoms with Crippen LogP contribution in [-0.2, 0) is 11.2 Å². The van der Waals surface area contributed by atoms with Crippen molar-refractivity contribution in [1.29, 1.82) is 0 Å². The summed E-state index contributed by atoms with van der Waals surface area (Å²) in [6.45, 7) is 0.369. The van der Waals surface area contributed by atoms with Crippen LogP contribution in [0.15, 0.2) is 54.6 Å². The van der Waals surface area contributed by atoms with Crippen LogP contribution in [-0.4, -0.2) is 23.2 Å². The van der Waals surface area contributed by atoms with Crippen molar-refractivity contribution in [3.8, 4) is 11.1 Å². The summed E-state index contributed by atoms with van der Waals surface area (Å²) in [4.78, 5) is 11.9. The fraction of sp³-hybridized carbons (Fsp3) is 0.316. The molecule has 22 heavy (non-hydrogen) atoms. The van der Waals surface area contributed by atoms with Gasteiger partial charge in [-0.25, -0.2) is 0 Å². The van der Waals surface area contributed by atoms with Gasteiger partial charge in [0.15, 0.2) is 0 Å². The second-order valence-corrected chi connectivity index (χ2v) is 6.09. The Morgan fingerprint density at radius 3 is 2.23 bits per heavy atom. The highest BCUT2D eigenvalue weighted by Crippen LogP contribution is 2.30. The van der Waals surface area contributed by atoms with Crippen LogP contribution in [0.25, 0.3) is 11.1 Å². The van der Waals surface area contributed by atoms with Crippen LogP contribution in [0, 0.1) is 0 Å². The van der Waals surface area contributed by atoms with Crippen LogP contribution in [0.5, 0.6) is 0 Å². The average Bonchev–Trinajstić information content (AvgIpc) is 2.53. The Balaban J connectivity index is 1.55. The summed E-state index contributed by atoms with van der Waals surface area (Å²) in [7, 11) is 0. The Morgan fingerprint density at radius 2 is 1.64 bits per heavy atom. The summed E-state index contributed by atoms with van der Waals surface area (Å²) in [6.07, 6.45) is 2.98. The molecule has 2 N–H and O–H groups in total. The minimum absolute atomic E-state index is 0.0345. The zero-order valence-corrected chi connectivity index (χ0v) is 12.6. The monoisotopic (exact) mass is 295 g/mol. The molecule has 3 heteroatoms. The van der Waals surface area contributed by atoms with E-state index >= 15 is 0 Å². The molecule has 0 aromatic heterocycles. The van der Waals surface area contributed by atoms with Crippen molar-refractivity contribution in [3.05, 3.63) is 60.2 Å². The summed E-state index contributed by atoms with van der Waals surface area (Å²) in [5.41, 5.74) is 2.64. The molecule has 0 saturated heterocycles. The quantitative estimate of drug-likeness (QED) is 0.891. The summed E-state index contributed by atoms with van der Waals surface area (Å²) < 4.78 is 0. The van der Waals surface area contributed by atoms with Crippen LogP contribution in [0.3, 0.4) is 0 Å². The topological polar surface area (TPSA) is 49.3 Å². The first-order valence-electron chi connectivity index (χ1n) is 7.78. The van der Waals surface area contributed by atoms with Gasteiger partial charge in [-0.15, -0.1) is 0 Å². The number of carbonyl (C=O) groups is 1. The zero-order valence-electron chi connectivity index (χ0n) is 12.6. The maximum absolute atomic E-state index is 11.9. The third-order valence-electron chi connectivity index (χ3n) is 4.32. The first-order chi connectivity index (χ1) is 10.6. The van der Waals surface area contributed by atoms with E-state index in [1.165, 1.54) is 5.56 Å². The fourth-order valence-corrected chi connectivity index (χ4v) is 2.72. The van der Waals surface area contributed by atoms with Crippen molar-refractivity contribution < 1.29 is 9.90 Å². The molecule has 0 atom stereocenters. The van der Waals surface area contributed by atoms with E-state index in [-0.39, 0.29) is 5.91 Å². The second kappa shape index (κ2) is 6.32. The van der Waals surface area contributed by atoms with Crippen molar-refractivity contribution in [2.45, 2.75) is 31.3 Å². The molecule has 3 nitrogen and oxygen atoms in total. The largest absolute Gasteiger partial charge is 0.388 e. The molecule has 0 radical (unpaired) electrons. The Labute approximate surface area is 131 Å². The molecular weight excluding hydrogens is 274 g/mol. The molecule has 2 aromatic carbocycles. The Hall–Kier alpha value is -2.13. The first kappa shape index (κ1) is 14.8. The standard InChI is InChI=1S/C19H21NO2/c21-18(20-14-19(22)11-4-12-19)13-15-7-9-17(10-8-15)16-5-2-1-3-6-16/h1-3,5-10,22H,4,11-14H2,(H,20,21). The van der Waals surface area contributed by atoms with E-state index in [1.54, 1.807) is 0 Å². The van der Waals surface area contributed by atoms with Gasteiger partial charge in [-0.05, 0) is 36.0 Å². The average molecular weight is 295 g/mol. The molecule has 1 saturated carbocycles. The van der Waals surface area contributed by atoms with Gasteiger partial charge in [0.1, 0.15) is 0 Å². The smallest absolute Gasteiger partial charge is 0.224 e. The van der Waals surface area contributed by atoms with E-state index in [4.69, 9.17) is 0 Å². The number of benzene rings is 2. The lowest BCUT2D eigenvalue weighted by Crippen LogP contribution is -2.48. The molecule has 1 fully saturated rings. The number of aliphatic hydroxyl groups is 1. The lowest BCUT2D eigenvalue weighted by atomic mass is 9.80. The summed E-state index contributed by atoms with van der Waals surface area (Å²) in [6, 6.07) is 18.2. The minimum atomic E-state index is -0.660. The third kappa shape index (κ3) is 3.55. The van der Waals surface area contributed by atoms with Crippen molar-refractivity contribution in [2.24, 2.45) is 0 Å². The van der Waals surface area contributed by atoms with Crippen LogP contribution >= 0.6 is 0 Å². The van der Waals surface area contributed by atoms with Gasteiger partial charge in [-0.3, -0.25) is 4.79 Å². The molecule has 2 aromatic rings.